The Morgan fingerprint density at radius 2 is 1.74 bits per heavy atom. The summed E-state index contributed by atoms with van der Waals surface area (Å²) in [5.74, 6) is -0.397. The second kappa shape index (κ2) is 9.24. The van der Waals surface area contributed by atoms with Gasteiger partial charge in [0.25, 0.3) is 0 Å². The maximum Gasteiger partial charge on any atom is 0.410 e. The molecule has 0 radical (unpaired) electrons. The van der Waals surface area contributed by atoms with Crippen molar-refractivity contribution >= 4 is 23.5 Å². The number of halogens is 1. The molecule has 0 saturated carbocycles. The summed E-state index contributed by atoms with van der Waals surface area (Å²) >= 11 is 0. The van der Waals surface area contributed by atoms with Crippen LogP contribution in [0.4, 0.5) is 25.4 Å². The Kier molecular flexibility index (Phi) is 6.68. The molecule has 7 nitrogen and oxygen atoms in total. The van der Waals surface area contributed by atoms with Gasteiger partial charge in [0.2, 0.25) is 0 Å². The van der Waals surface area contributed by atoms with E-state index in [-0.39, 0.29) is 11.8 Å². The van der Waals surface area contributed by atoms with Crippen LogP contribution in [0.1, 0.15) is 38.8 Å². The van der Waals surface area contributed by atoms with Crippen LogP contribution in [-0.4, -0.2) is 35.8 Å². The summed E-state index contributed by atoms with van der Waals surface area (Å²) in [5.41, 5.74) is 2.61. The minimum Gasteiger partial charge on any atom is -0.491 e. The van der Waals surface area contributed by atoms with E-state index in [1.54, 1.807) is 17.9 Å². The lowest BCUT2D eigenvalue weighted by Gasteiger charge is -2.31. The van der Waals surface area contributed by atoms with Crippen LogP contribution in [0.2, 0.25) is 0 Å². The predicted molar refractivity (Wildman–Crippen MR) is 117 cm³/mol. The van der Waals surface area contributed by atoms with E-state index in [1.807, 2.05) is 32.9 Å². The van der Waals surface area contributed by atoms with Crippen molar-refractivity contribution in [3.63, 3.8) is 0 Å². The van der Waals surface area contributed by atoms with Gasteiger partial charge in [-0.25, -0.2) is 14.0 Å². The molecular weight excluding hydrogens is 401 g/mol. The minimum absolute atomic E-state index is 0.0867. The topological polar surface area (TPSA) is 79.9 Å². The van der Waals surface area contributed by atoms with Crippen molar-refractivity contribution in [2.45, 2.75) is 46.3 Å². The highest BCUT2D eigenvalue weighted by Crippen LogP contribution is 2.25. The van der Waals surface area contributed by atoms with Gasteiger partial charge in [-0.3, -0.25) is 0 Å². The number of hydrogen-bond acceptors (Lipinski definition) is 4. The van der Waals surface area contributed by atoms with E-state index in [2.05, 4.69) is 10.6 Å². The average molecular weight is 429 g/mol. The molecule has 0 fully saturated rings. The molecule has 166 valence electrons. The molecule has 0 saturated heterocycles. The Balaban J connectivity index is 1.61. The third-order valence-corrected chi connectivity index (χ3v) is 4.62. The van der Waals surface area contributed by atoms with E-state index in [9.17, 15) is 14.0 Å². The van der Waals surface area contributed by atoms with Crippen LogP contribution < -0.4 is 15.4 Å². The maximum atomic E-state index is 13.7. The summed E-state index contributed by atoms with van der Waals surface area (Å²) in [4.78, 5) is 26.3. The Labute approximate surface area is 181 Å². The number of nitrogens with zero attached hydrogens (tertiary/aromatic N) is 1. The van der Waals surface area contributed by atoms with Gasteiger partial charge in [-0.05, 0) is 69.5 Å². The lowest BCUT2D eigenvalue weighted by molar-refractivity contribution is 0.0224. The largest absolute Gasteiger partial charge is 0.491 e. The molecule has 1 heterocycles. The van der Waals surface area contributed by atoms with Crippen LogP contribution in [0.25, 0.3) is 0 Å². The monoisotopic (exact) mass is 429 g/mol. The fourth-order valence-corrected chi connectivity index (χ4v) is 3.25. The number of nitrogens with one attached hydrogen (secondary N) is 2. The molecule has 0 aromatic heterocycles. The van der Waals surface area contributed by atoms with Crippen molar-refractivity contribution in [1.29, 1.82) is 0 Å². The van der Waals surface area contributed by atoms with Crippen LogP contribution in [0, 0.1) is 5.82 Å². The van der Waals surface area contributed by atoms with Crippen LogP contribution in [0.15, 0.2) is 36.4 Å². The number of fused-ring (bicyclic) bond motifs is 1. The first kappa shape index (κ1) is 22.4. The Morgan fingerprint density at radius 3 is 2.42 bits per heavy atom. The smallest absolute Gasteiger partial charge is 0.410 e. The van der Waals surface area contributed by atoms with E-state index in [0.29, 0.717) is 37.5 Å². The molecule has 1 aliphatic rings. The summed E-state index contributed by atoms with van der Waals surface area (Å²) in [5, 5.41) is 5.46. The number of urea groups is 1. The molecule has 31 heavy (non-hydrogen) atoms. The highest BCUT2D eigenvalue weighted by molar-refractivity contribution is 5.99. The standard InChI is InChI=1S/C23H28FN3O4/c1-5-30-20-13-18(8-9-19(20)24)26-21(28)25-17-7-6-16-14-27(11-10-15(16)12-17)22(29)31-23(2,3)4/h6-9,12-13H,5,10-11,14H2,1-4H3,(H2,25,26,28). The number of benzene rings is 2. The fraction of sp³-hybridized carbons (Fsp3) is 0.391. The van der Waals surface area contributed by atoms with Gasteiger partial charge in [-0.15, -0.1) is 0 Å². The van der Waals surface area contributed by atoms with Gasteiger partial charge in [0.05, 0.1) is 6.61 Å². The molecule has 2 N–H and O–H groups in total. The van der Waals surface area contributed by atoms with Crippen LogP contribution >= 0.6 is 0 Å². The second-order valence-corrected chi connectivity index (χ2v) is 8.29. The van der Waals surface area contributed by atoms with Gasteiger partial charge in [-0.2, -0.15) is 0 Å². The quantitative estimate of drug-likeness (QED) is 0.703. The average Bonchev–Trinajstić information content (AvgIpc) is 2.69. The van der Waals surface area contributed by atoms with E-state index in [1.165, 1.54) is 18.2 Å². The number of rotatable bonds is 4. The first-order valence-electron chi connectivity index (χ1n) is 10.2. The highest BCUT2D eigenvalue weighted by atomic mass is 19.1. The van der Waals surface area contributed by atoms with Crippen molar-refractivity contribution in [2.75, 3.05) is 23.8 Å². The van der Waals surface area contributed by atoms with Crippen LogP contribution in [-0.2, 0) is 17.7 Å². The number of ether oxygens (including phenoxy) is 2. The van der Waals surface area contributed by atoms with Crippen LogP contribution in [0.3, 0.4) is 0 Å². The number of amides is 3. The van der Waals surface area contributed by atoms with E-state index < -0.39 is 17.4 Å². The zero-order valence-electron chi connectivity index (χ0n) is 18.3. The molecule has 1 aliphatic heterocycles. The van der Waals surface area contributed by atoms with Crippen molar-refractivity contribution in [3.05, 3.63) is 53.3 Å². The molecule has 2 aromatic rings. The third-order valence-electron chi connectivity index (χ3n) is 4.62. The first-order chi connectivity index (χ1) is 14.6. The van der Waals surface area contributed by atoms with Crippen molar-refractivity contribution in [2.24, 2.45) is 0 Å². The Bertz CT molecular complexity index is 972. The number of carbonyl (C=O) groups is 2. The van der Waals surface area contributed by atoms with E-state index in [0.717, 1.165) is 11.1 Å². The zero-order valence-corrected chi connectivity index (χ0v) is 18.3. The summed E-state index contributed by atoms with van der Waals surface area (Å²) in [7, 11) is 0. The first-order valence-corrected chi connectivity index (χ1v) is 10.2. The number of anilines is 2. The van der Waals surface area contributed by atoms with Gasteiger partial charge >= 0.3 is 12.1 Å². The molecule has 8 heteroatoms. The molecule has 0 spiro atoms. The zero-order chi connectivity index (χ0) is 22.6. The summed E-state index contributed by atoms with van der Waals surface area (Å²) in [6.45, 7) is 8.63. The minimum atomic E-state index is -0.535. The number of hydrogen-bond donors (Lipinski definition) is 2. The highest BCUT2D eigenvalue weighted by Gasteiger charge is 2.25. The summed E-state index contributed by atoms with van der Waals surface area (Å²) in [6, 6.07) is 9.29. The van der Waals surface area contributed by atoms with Crippen molar-refractivity contribution in [1.82, 2.24) is 4.90 Å². The second-order valence-electron chi connectivity index (χ2n) is 8.29. The van der Waals surface area contributed by atoms with Gasteiger partial charge < -0.3 is 25.0 Å². The molecule has 0 bridgehead atoms. The van der Waals surface area contributed by atoms with Gasteiger partial charge in [0.1, 0.15) is 5.60 Å². The Hall–Kier alpha value is -3.29. The van der Waals surface area contributed by atoms with E-state index in [4.69, 9.17) is 9.47 Å². The van der Waals surface area contributed by atoms with Gasteiger partial charge in [0, 0.05) is 30.5 Å². The number of carbonyl (C=O) groups excluding carboxylic acids is 2. The van der Waals surface area contributed by atoms with E-state index >= 15 is 0 Å². The van der Waals surface area contributed by atoms with Crippen molar-refractivity contribution in [3.8, 4) is 5.75 Å². The van der Waals surface area contributed by atoms with Gasteiger partial charge in [0.15, 0.2) is 11.6 Å². The van der Waals surface area contributed by atoms with Gasteiger partial charge in [-0.1, -0.05) is 6.07 Å². The molecule has 0 aliphatic carbocycles. The molecule has 3 amide bonds. The fourth-order valence-electron chi connectivity index (χ4n) is 3.25. The lowest BCUT2D eigenvalue weighted by atomic mass is 9.99. The summed E-state index contributed by atoms with van der Waals surface area (Å²) < 4.78 is 24.3. The summed E-state index contributed by atoms with van der Waals surface area (Å²) in [6.07, 6.45) is 0.340. The normalized spacial score (nSPS) is 13.3. The Morgan fingerprint density at radius 1 is 1.06 bits per heavy atom. The lowest BCUT2D eigenvalue weighted by Crippen LogP contribution is -2.39. The predicted octanol–water partition coefficient (Wildman–Crippen LogP) is 5.16. The van der Waals surface area contributed by atoms with Crippen LogP contribution in [0.5, 0.6) is 5.75 Å². The third kappa shape index (κ3) is 6.10. The molecule has 0 unspecified atom stereocenters. The maximum absolute atomic E-state index is 13.7. The molecule has 3 rings (SSSR count). The molecular formula is C23H28FN3O4. The molecule has 0 atom stereocenters. The van der Waals surface area contributed by atoms with Crippen molar-refractivity contribution < 1.29 is 23.5 Å². The SMILES string of the molecule is CCOc1cc(NC(=O)Nc2ccc3c(c2)CCN(C(=O)OC(C)(C)C)C3)ccc1F. The molecule has 2 aromatic carbocycles.